The maximum absolute atomic E-state index is 11.0. The molecule has 0 aromatic heterocycles. The van der Waals surface area contributed by atoms with Crippen molar-refractivity contribution in [3.8, 4) is 0 Å². The monoisotopic (exact) mass is 775 g/mol. The Kier molecular flexibility index (Phi) is 21.0. The quantitative estimate of drug-likeness (QED) is 0.141. The van der Waals surface area contributed by atoms with Crippen molar-refractivity contribution < 1.29 is 60.7 Å². The van der Waals surface area contributed by atoms with Crippen LogP contribution in [0.25, 0.3) is 0 Å². The molecule has 278 valence electrons. The third-order valence-electron chi connectivity index (χ3n) is 11.9. The minimum Gasteiger partial charge on any atom is -0.550 e. The zero-order chi connectivity index (χ0) is 34.5. The van der Waals surface area contributed by atoms with Crippen LogP contribution in [-0.2, 0) is 30.0 Å². The first kappa shape index (κ1) is 44.9. The van der Waals surface area contributed by atoms with E-state index in [9.17, 15) is 20.4 Å². The molecule has 8 unspecified atom stereocenters. The van der Waals surface area contributed by atoms with E-state index in [0.717, 1.165) is 116 Å². The van der Waals surface area contributed by atoms with E-state index in [0.29, 0.717) is 23.7 Å². The first-order valence-corrected chi connectivity index (χ1v) is 19.9. The van der Waals surface area contributed by atoms with Crippen molar-refractivity contribution in [3.63, 3.8) is 0 Å². The predicted molar refractivity (Wildman–Crippen MR) is 181 cm³/mol. The zero-order valence-corrected chi connectivity index (χ0v) is 32.1. The second kappa shape index (κ2) is 21.9. The van der Waals surface area contributed by atoms with Crippen LogP contribution in [0.15, 0.2) is 0 Å². The molecule has 4 saturated carbocycles. The fraction of sp³-hybridized carbons (Fsp3) is 0.919. The smallest absolute Gasteiger partial charge is 0.550 e. The van der Waals surface area contributed by atoms with Crippen molar-refractivity contribution in [1.29, 1.82) is 0 Å². The SMILES string of the molecule is CC(=O)[O-].CC(=O)[O-].[CH2-]CCP(C(CC)(C1CCCC(O)C1)C1CCCC(O)C1)C(CC)(C1CCCC(O)C1)C1CCCC(O)C1.[Pd+2]. The van der Waals surface area contributed by atoms with E-state index in [-0.39, 0.29) is 55.2 Å². The van der Waals surface area contributed by atoms with Gasteiger partial charge in [-0.2, -0.15) is 6.42 Å². The first-order chi connectivity index (χ1) is 21.8. The zero-order valence-electron chi connectivity index (χ0n) is 29.7. The van der Waals surface area contributed by atoms with E-state index in [4.69, 9.17) is 19.8 Å². The number of hydrogen-bond donors (Lipinski definition) is 4. The Morgan fingerprint density at radius 3 is 1.02 bits per heavy atom. The number of aliphatic hydroxyl groups excluding tert-OH is 4. The summed E-state index contributed by atoms with van der Waals surface area (Å²) < 4.78 is 0. The van der Waals surface area contributed by atoms with Crippen LogP contribution in [0.4, 0.5) is 0 Å². The van der Waals surface area contributed by atoms with E-state index >= 15 is 0 Å². The Morgan fingerprint density at radius 1 is 0.617 bits per heavy atom. The van der Waals surface area contributed by atoms with E-state index in [2.05, 4.69) is 20.8 Å². The van der Waals surface area contributed by atoms with Gasteiger partial charge in [-0.05, 0) is 138 Å². The Bertz CT molecular complexity index is 786. The molecule has 0 radical (unpaired) electrons. The van der Waals surface area contributed by atoms with Gasteiger partial charge in [0.15, 0.2) is 0 Å². The molecule has 0 aromatic carbocycles. The van der Waals surface area contributed by atoms with Gasteiger partial charge in [0, 0.05) is 11.9 Å². The third kappa shape index (κ3) is 12.3. The summed E-state index contributed by atoms with van der Waals surface area (Å²) in [5.41, 5.74) is 0. The molecule has 0 aromatic rings. The third-order valence-corrected chi connectivity index (χ3v) is 16.8. The Hall–Kier alpha value is -0.128. The maximum atomic E-state index is 11.0. The summed E-state index contributed by atoms with van der Waals surface area (Å²) in [5, 5.41) is 62.0. The van der Waals surface area contributed by atoms with Crippen LogP contribution in [-0.4, -0.2) is 73.3 Å². The molecule has 4 rings (SSSR count). The van der Waals surface area contributed by atoms with E-state index < -0.39 is 19.9 Å². The van der Waals surface area contributed by atoms with Crippen LogP contribution in [0.3, 0.4) is 0 Å². The molecule has 0 bridgehead atoms. The minimum absolute atomic E-state index is 0. The second-order valence-electron chi connectivity index (χ2n) is 14.7. The predicted octanol–water partition coefficient (Wildman–Crippen LogP) is 4.70. The number of carbonyl (C=O) groups excluding carboxylic acids is 2. The summed E-state index contributed by atoms with van der Waals surface area (Å²) in [7, 11) is -0.531. The van der Waals surface area contributed by atoms with E-state index in [1.54, 1.807) is 0 Å². The second-order valence-corrected chi connectivity index (χ2v) is 17.7. The van der Waals surface area contributed by atoms with Gasteiger partial charge in [-0.25, -0.2) is 0 Å². The number of rotatable bonds is 10. The standard InChI is InChI=1S/C33H60O4P.2C2H4O2.Pd/c1-4-19-38(32(5-2,24-11-7-15-28(34)20-24)25-12-8-16-29(35)21-25)33(6-3,26-13-9-17-30(36)22-26)27-14-10-18-31(37)23-27;2*1-2(3)4;/h24-31,34-37H,1,4-23H2,2-3H3;2*1H3,(H,3,4);/q-1;;;+2/p-2. The maximum Gasteiger partial charge on any atom is 2.00 e. The van der Waals surface area contributed by atoms with Crippen molar-refractivity contribution in [2.45, 2.75) is 184 Å². The van der Waals surface area contributed by atoms with Crippen molar-refractivity contribution in [2.75, 3.05) is 6.16 Å². The van der Waals surface area contributed by atoms with Crippen molar-refractivity contribution in [3.05, 3.63) is 6.92 Å². The Morgan fingerprint density at radius 2 is 0.851 bits per heavy atom. The van der Waals surface area contributed by atoms with Gasteiger partial charge in [-0.1, -0.05) is 53.6 Å². The molecule has 8 atom stereocenters. The van der Waals surface area contributed by atoms with Gasteiger partial charge in [-0.15, -0.1) is 0 Å². The fourth-order valence-electron chi connectivity index (χ4n) is 10.5. The van der Waals surface area contributed by atoms with Gasteiger partial charge in [0.05, 0.1) is 24.4 Å². The Labute approximate surface area is 300 Å². The number of aliphatic carboxylic acids is 2. The molecule has 47 heavy (non-hydrogen) atoms. The van der Waals surface area contributed by atoms with Gasteiger partial charge >= 0.3 is 20.4 Å². The molecule has 4 N–H and O–H groups in total. The van der Waals surface area contributed by atoms with Crippen molar-refractivity contribution >= 4 is 19.9 Å². The molecule has 0 saturated heterocycles. The van der Waals surface area contributed by atoms with Crippen LogP contribution in [0.1, 0.15) is 150 Å². The molecular formula is C37H66O8PPd-. The average molecular weight is 776 g/mol. The van der Waals surface area contributed by atoms with Crippen LogP contribution in [0, 0.1) is 30.6 Å². The first-order valence-electron chi connectivity index (χ1n) is 18.4. The van der Waals surface area contributed by atoms with Crippen LogP contribution in [0.5, 0.6) is 0 Å². The van der Waals surface area contributed by atoms with E-state index in [1.807, 2.05) is 0 Å². The molecule has 10 heteroatoms. The number of carbonyl (C=O) groups is 2. The normalized spacial score (nSPS) is 34.3. The van der Waals surface area contributed by atoms with Gasteiger partial charge in [0.2, 0.25) is 0 Å². The number of aliphatic hydroxyl groups is 4. The summed E-state index contributed by atoms with van der Waals surface area (Å²) in [4.78, 5) is 17.8. The number of carboxylic acid groups (broad SMARTS) is 2. The average Bonchev–Trinajstić information content (AvgIpc) is 2.98. The van der Waals surface area contributed by atoms with Gasteiger partial charge in [0.25, 0.3) is 0 Å². The van der Waals surface area contributed by atoms with E-state index in [1.165, 1.54) is 25.7 Å². The molecule has 4 fully saturated rings. The minimum atomic E-state index is -1.08. The topological polar surface area (TPSA) is 161 Å². The summed E-state index contributed by atoms with van der Waals surface area (Å²) in [6.07, 6.45) is 20.2. The fourth-order valence-corrected chi connectivity index (χ4v) is 15.9. The number of carboxylic acids is 2. The van der Waals surface area contributed by atoms with Crippen molar-refractivity contribution in [2.24, 2.45) is 23.7 Å². The summed E-state index contributed by atoms with van der Waals surface area (Å²) in [5.74, 6) is -0.177. The van der Waals surface area contributed by atoms with Gasteiger partial charge in [-0.3, -0.25) is 0 Å². The van der Waals surface area contributed by atoms with Crippen molar-refractivity contribution in [1.82, 2.24) is 0 Å². The van der Waals surface area contributed by atoms with Crippen LogP contribution < -0.4 is 10.2 Å². The van der Waals surface area contributed by atoms with Crippen LogP contribution in [0.2, 0.25) is 0 Å². The molecule has 4 aliphatic carbocycles. The summed E-state index contributed by atoms with van der Waals surface area (Å²) in [6.45, 7) is 11.3. The molecular weight excluding hydrogens is 710 g/mol. The molecule has 8 nitrogen and oxygen atoms in total. The van der Waals surface area contributed by atoms with Crippen LogP contribution >= 0.6 is 7.92 Å². The molecule has 0 heterocycles. The van der Waals surface area contributed by atoms with Gasteiger partial charge in [0.1, 0.15) is 0 Å². The summed E-state index contributed by atoms with van der Waals surface area (Å²) >= 11 is 0. The molecule has 0 aliphatic heterocycles. The number of hydrogen-bond acceptors (Lipinski definition) is 8. The summed E-state index contributed by atoms with van der Waals surface area (Å²) in [6, 6.07) is 0. The largest absolute Gasteiger partial charge is 2.00 e. The Balaban J connectivity index is 0.00000110. The molecule has 0 amide bonds. The molecule has 4 aliphatic rings. The molecule has 0 spiro atoms. The van der Waals surface area contributed by atoms with Gasteiger partial charge < -0.3 is 47.2 Å².